The van der Waals surface area contributed by atoms with Gasteiger partial charge in [-0.1, -0.05) is 54.1 Å². The molecule has 106 valence electrons. The summed E-state index contributed by atoms with van der Waals surface area (Å²) in [5, 5.41) is 1.85. The van der Waals surface area contributed by atoms with Crippen molar-refractivity contribution in [2.75, 3.05) is 0 Å². The average molecular weight is 305 g/mol. The highest BCUT2D eigenvalue weighted by Crippen LogP contribution is 2.34. The summed E-state index contributed by atoms with van der Waals surface area (Å²) in [6, 6.07) is 26.3. The van der Waals surface area contributed by atoms with E-state index in [1.165, 1.54) is 11.1 Å². The number of hydrogen-bond donors (Lipinski definition) is 0. The first-order valence-electron chi connectivity index (χ1n) is 7.15. The molecule has 4 aromatic rings. The average Bonchev–Trinajstić information content (AvgIpc) is 3.00. The molecule has 0 N–H and O–H groups in total. The Morgan fingerprint density at radius 3 is 2.23 bits per heavy atom. The highest BCUT2D eigenvalue weighted by atomic mass is 35.5. The van der Waals surface area contributed by atoms with Crippen molar-refractivity contribution in [3.8, 4) is 22.5 Å². The lowest BCUT2D eigenvalue weighted by atomic mass is 10.0. The molecule has 2 heteroatoms. The van der Waals surface area contributed by atoms with Crippen LogP contribution in [0.4, 0.5) is 0 Å². The van der Waals surface area contributed by atoms with E-state index >= 15 is 0 Å². The molecular weight excluding hydrogens is 292 g/mol. The van der Waals surface area contributed by atoms with Crippen LogP contribution in [-0.2, 0) is 0 Å². The van der Waals surface area contributed by atoms with Crippen molar-refractivity contribution in [3.63, 3.8) is 0 Å². The van der Waals surface area contributed by atoms with E-state index in [2.05, 4.69) is 24.3 Å². The van der Waals surface area contributed by atoms with Crippen molar-refractivity contribution in [1.82, 2.24) is 0 Å². The van der Waals surface area contributed by atoms with Gasteiger partial charge in [-0.05, 0) is 47.5 Å². The molecule has 0 amide bonds. The fourth-order valence-electron chi connectivity index (χ4n) is 2.69. The summed E-state index contributed by atoms with van der Waals surface area (Å²) in [4.78, 5) is 0. The van der Waals surface area contributed by atoms with Crippen LogP contribution in [0.2, 0.25) is 5.02 Å². The third-order valence-corrected chi connectivity index (χ3v) is 4.03. The summed E-state index contributed by atoms with van der Waals surface area (Å²) in [5.41, 5.74) is 4.30. The molecule has 1 heterocycles. The highest BCUT2D eigenvalue weighted by molar-refractivity contribution is 6.30. The molecule has 22 heavy (non-hydrogen) atoms. The fourth-order valence-corrected chi connectivity index (χ4v) is 2.81. The van der Waals surface area contributed by atoms with Gasteiger partial charge in [0.2, 0.25) is 0 Å². The van der Waals surface area contributed by atoms with Crippen LogP contribution in [0.25, 0.3) is 33.4 Å². The second-order valence-electron chi connectivity index (χ2n) is 5.20. The van der Waals surface area contributed by atoms with E-state index in [4.69, 9.17) is 16.0 Å². The fraction of sp³-hybridized carbons (Fsp3) is 0. The maximum absolute atomic E-state index is 6.01. The second kappa shape index (κ2) is 5.36. The van der Waals surface area contributed by atoms with E-state index in [-0.39, 0.29) is 0 Å². The van der Waals surface area contributed by atoms with E-state index in [1.807, 2.05) is 54.6 Å². The molecule has 4 rings (SSSR count). The van der Waals surface area contributed by atoms with Crippen LogP contribution >= 0.6 is 11.6 Å². The van der Waals surface area contributed by atoms with Crippen LogP contribution in [0.3, 0.4) is 0 Å². The molecule has 0 bridgehead atoms. The molecule has 1 aromatic heterocycles. The van der Waals surface area contributed by atoms with Gasteiger partial charge in [0.15, 0.2) is 0 Å². The number of furan rings is 1. The lowest BCUT2D eigenvalue weighted by Gasteiger charge is -2.01. The lowest BCUT2D eigenvalue weighted by molar-refractivity contribution is 0.631. The molecule has 0 radical (unpaired) electrons. The van der Waals surface area contributed by atoms with Gasteiger partial charge in [-0.15, -0.1) is 0 Å². The van der Waals surface area contributed by atoms with E-state index in [9.17, 15) is 0 Å². The molecular formula is C20H13ClO. The Morgan fingerprint density at radius 1 is 0.682 bits per heavy atom. The van der Waals surface area contributed by atoms with Crippen molar-refractivity contribution < 1.29 is 4.42 Å². The van der Waals surface area contributed by atoms with Crippen LogP contribution in [0.5, 0.6) is 0 Å². The van der Waals surface area contributed by atoms with Crippen LogP contribution in [-0.4, -0.2) is 0 Å². The van der Waals surface area contributed by atoms with Crippen molar-refractivity contribution in [1.29, 1.82) is 0 Å². The van der Waals surface area contributed by atoms with E-state index < -0.39 is 0 Å². The maximum atomic E-state index is 6.01. The summed E-state index contributed by atoms with van der Waals surface area (Å²) < 4.78 is 6.01. The Kier molecular flexibility index (Phi) is 3.21. The molecule has 0 fully saturated rings. The van der Waals surface area contributed by atoms with E-state index in [1.54, 1.807) is 0 Å². The van der Waals surface area contributed by atoms with Gasteiger partial charge in [0.25, 0.3) is 0 Å². The van der Waals surface area contributed by atoms with Crippen LogP contribution in [0.1, 0.15) is 0 Å². The summed E-state index contributed by atoms with van der Waals surface area (Å²) in [6.45, 7) is 0. The van der Waals surface area contributed by atoms with Crippen LogP contribution in [0.15, 0.2) is 83.3 Å². The molecule has 0 aliphatic heterocycles. The minimum absolute atomic E-state index is 0.727. The van der Waals surface area contributed by atoms with Gasteiger partial charge in [0, 0.05) is 16.0 Å². The molecule has 0 saturated carbocycles. The van der Waals surface area contributed by atoms with Crippen LogP contribution < -0.4 is 0 Å². The van der Waals surface area contributed by atoms with Crippen molar-refractivity contribution in [3.05, 3.63) is 83.9 Å². The van der Waals surface area contributed by atoms with Gasteiger partial charge >= 0.3 is 0 Å². The molecule has 1 nitrogen and oxygen atoms in total. The zero-order valence-corrected chi connectivity index (χ0v) is 12.5. The molecule has 0 saturated heterocycles. The largest absolute Gasteiger partial charge is 0.456 e. The Balaban J connectivity index is 1.89. The maximum Gasteiger partial charge on any atom is 0.135 e. The first kappa shape index (κ1) is 13.2. The monoisotopic (exact) mass is 304 g/mol. The van der Waals surface area contributed by atoms with E-state index in [0.29, 0.717) is 0 Å². The molecule has 0 unspecified atom stereocenters. The standard InChI is InChI=1S/C20H13ClO/c21-16-11-9-15(10-12-16)20-13-18-17(7-4-8-19(18)22-20)14-5-2-1-3-6-14/h1-13H. The van der Waals surface area contributed by atoms with Crippen molar-refractivity contribution >= 4 is 22.6 Å². The van der Waals surface area contributed by atoms with Crippen molar-refractivity contribution in [2.45, 2.75) is 0 Å². The number of rotatable bonds is 2. The summed E-state index contributed by atoms with van der Waals surface area (Å²) >= 11 is 5.95. The summed E-state index contributed by atoms with van der Waals surface area (Å²) in [7, 11) is 0. The number of hydrogen-bond acceptors (Lipinski definition) is 1. The van der Waals surface area contributed by atoms with Gasteiger partial charge in [-0.2, -0.15) is 0 Å². The molecule has 0 aliphatic carbocycles. The van der Waals surface area contributed by atoms with Gasteiger partial charge in [-0.3, -0.25) is 0 Å². The summed E-state index contributed by atoms with van der Waals surface area (Å²) in [6.07, 6.45) is 0. The molecule has 0 aliphatic rings. The first-order valence-corrected chi connectivity index (χ1v) is 7.53. The number of benzene rings is 3. The van der Waals surface area contributed by atoms with Crippen LogP contribution in [0, 0.1) is 0 Å². The predicted molar refractivity (Wildman–Crippen MR) is 92.1 cm³/mol. The van der Waals surface area contributed by atoms with Gasteiger partial charge in [-0.25, -0.2) is 0 Å². The van der Waals surface area contributed by atoms with Crippen molar-refractivity contribution in [2.24, 2.45) is 0 Å². The minimum atomic E-state index is 0.727. The van der Waals surface area contributed by atoms with Gasteiger partial charge in [0.1, 0.15) is 11.3 Å². The zero-order valence-electron chi connectivity index (χ0n) is 11.8. The molecule has 0 atom stereocenters. The molecule has 3 aromatic carbocycles. The summed E-state index contributed by atoms with van der Waals surface area (Å²) in [5.74, 6) is 0.857. The highest BCUT2D eigenvalue weighted by Gasteiger charge is 2.10. The number of halogens is 1. The Morgan fingerprint density at radius 2 is 1.45 bits per heavy atom. The Bertz CT molecular complexity index is 921. The lowest BCUT2D eigenvalue weighted by Crippen LogP contribution is -1.77. The quantitative estimate of drug-likeness (QED) is 0.416. The van der Waals surface area contributed by atoms with E-state index in [0.717, 1.165) is 27.3 Å². The third-order valence-electron chi connectivity index (χ3n) is 3.77. The number of fused-ring (bicyclic) bond motifs is 1. The topological polar surface area (TPSA) is 13.1 Å². The molecule has 0 spiro atoms. The third kappa shape index (κ3) is 2.30. The normalized spacial score (nSPS) is 11.0. The van der Waals surface area contributed by atoms with Gasteiger partial charge < -0.3 is 4.42 Å². The minimum Gasteiger partial charge on any atom is -0.456 e. The first-order chi connectivity index (χ1) is 10.8. The Hall–Kier alpha value is -2.51. The second-order valence-corrected chi connectivity index (χ2v) is 5.64. The zero-order chi connectivity index (χ0) is 14.9. The smallest absolute Gasteiger partial charge is 0.135 e. The predicted octanol–water partition coefficient (Wildman–Crippen LogP) is 6.42. The van der Waals surface area contributed by atoms with Gasteiger partial charge in [0.05, 0.1) is 0 Å². The SMILES string of the molecule is Clc1ccc(-c2cc3c(-c4ccccc4)cccc3o2)cc1. The Labute approximate surface area is 133 Å².